The normalized spacial score (nSPS) is 12.8. The van der Waals surface area contributed by atoms with Crippen LogP contribution in [0.5, 0.6) is 11.5 Å². The van der Waals surface area contributed by atoms with Crippen LogP contribution < -0.4 is 14.2 Å². The minimum Gasteiger partial charge on any atom is -0.497 e. The van der Waals surface area contributed by atoms with Gasteiger partial charge in [-0.05, 0) is 6.92 Å². The van der Waals surface area contributed by atoms with Crippen molar-refractivity contribution in [2.45, 2.75) is 17.9 Å². The Morgan fingerprint density at radius 3 is 2.05 bits per heavy atom. The van der Waals surface area contributed by atoms with E-state index in [0.717, 1.165) is 0 Å². The summed E-state index contributed by atoms with van der Waals surface area (Å²) in [7, 11) is -1.19. The summed E-state index contributed by atoms with van der Waals surface area (Å²) in [5, 5.41) is 8.72. The number of rotatable bonds is 6. The number of carboxylic acids is 1. The predicted molar refractivity (Wildman–Crippen MR) is 67.0 cm³/mol. The lowest BCUT2D eigenvalue weighted by atomic mass is 10.3. The Bertz CT molecular complexity index is 546. The molecule has 1 aromatic carbocycles. The second kappa shape index (κ2) is 5.89. The van der Waals surface area contributed by atoms with Gasteiger partial charge in [-0.3, -0.25) is 4.79 Å². The number of sulfonamides is 1. The van der Waals surface area contributed by atoms with Gasteiger partial charge in [0.25, 0.3) is 0 Å². The fourth-order valence-electron chi connectivity index (χ4n) is 1.29. The molecule has 106 valence electrons. The molecule has 0 bridgehead atoms. The minimum atomic E-state index is -3.96. The van der Waals surface area contributed by atoms with Crippen molar-refractivity contribution in [2.75, 3.05) is 14.2 Å². The Balaban J connectivity index is 3.17. The molecule has 0 radical (unpaired) electrons. The molecule has 8 heteroatoms. The number of nitrogens with one attached hydrogen (secondary N) is 1. The number of aliphatic carboxylic acids is 1. The van der Waals surface area contributed by atoms with E-state index in [1.807, 2.05) is 4.72 Å². The number of carbonyl (C=O) groups is 1. The second-order valence-corrected chi connectivity index (χ2v) is 5.44. The summed E-state index contributed by atoms with van der Waals surface area (Å²) < 4.78 is 35.9. The Morgan fingerprint density at radius 1 is 1.21 bits per heavy atom. The van der Waals surface area contributed by atoms with Crippen LogP contribution >= 0.6 is 0 Å². The summed E-state index contributed by atoms with van der Waals surface area (Å²) in [6, 6.07) is 2.83. The van der Waals surface area contributed by atoms with Gasteiger partial charge in [-0.1, -0.05) is 0 Å². The van der Waals surface area contributed by atoms with Gasteiger partial charge in [-0.25, -0.2) is 8.42 Å². The van der Waals surface area contributed by atoms with Crippen molar-refractivity contribution >= 4 is 16.0 Å². The topological polar surface area (TPSA) is 102 Å². The summed E-state index contributed by atoms with van der Waals surface area (Å²) in [6.45, 7) is 1.23. The van der Waals surface area contributed by atoms with Crippen LogP contribution in [-0.2, 0) is 14.8 Å². The first-order valence-corrected chi connectivity index (χ1v) is 6.76. The Hall–Kier alpha value is -1.80. The molecule has 0 spiro atoms. The van der Waals surface area contributed by atoms with E-state index in [-0.39, 0.29) is 4.90 Å². The van der Waals surface area contributed by atoms with Crippen LogP contribution in [0, 0.1) is 0 Å². The van der Waals surface area contributed by atoms with Crippen LogP contribution in [0.4, 0.5) is 0 Å². The number of carboxylic acid groups (broad SMARTS) is 1. The van der Waals surface area contributed by atoms with Gasteiger partial charge in [0.1, 0.15) is 17.5 Å². The van der Waals surface area contributed by atoms with Crippen LogP contribution in [-0.4, -0.2) is 39.8 Å². The monoisotopic (exact) mass is 289 g/mol. The summed E-state index contributed by atoms with van der Waals surface area (Å²) in [5.74, 6) is -0.677. The Morgan fingerprint density at radius 2 is 1.68 bits per heavy atom. The lowest BCUT2D eigenvalue weighted by molar-refractivity contribution is -0.138. The molecule has 0 saturated carbocycles. The van der Waals surface area contributed by atoms with E-state index in [2.05, 4.69) is 0 Å². The molecule has 2 N–H and O–H groups in total. The van der Waals surface area contributed by atoms with Crippen molar-refractivity contribution in [1.29, 1.82) is 0 Å². The lowest BCUT2D eigenvalue weighted by Gasteiger charge is -2.12. The first-order chi connectivity index (χ1) is 8.80. The molecule has 1 atom stereocenters. The van der Waals surface area contributed by atoms with Crippen molar-refractivity contribution in [3.8, 4) is 11.5 Å². The number of benzene rings is 1. The molecule has 1 rings (SSSR count). The summed E-state index contributed by atoms with van der Waals surface area (Å²) in [4.78, 5) is 10.6. The third-order valence-corrected chi connectivity index (χ3v) is 3.86. The SMILES string of the molecule is COc1cc(OC)cc(S(=O)(=O)N[C@H](C)C(=O)O)c1. The van der Waals surface area contributed by atoms with Crippen LogP contribution in [0.3, 0.4) is 0 Å². The Labute approximate surface area is 111 Å². The first-order valence-electron chi connectivity index (χ1n) is 5.28. The standard InChI is InChI=1S/C11H15NO6S/c1-7(11(13)14)12-19(15,16)10-5-8(17-2)4-9(6-10)18-3/h4-7,12H,1-3H3,(H,13,14)/t7-/m1/s1. The summed E-state index contributed by atoms with van der Waals surface area (Å²) in [6.07, 6.45) is 0. The molecule has 19 heavy (non-hydrogen) atoms. The van der Waals surface area contributed by atoms with Crippen molar-refractivity contribution in [1.82, 2.24) is 4.72 Å². The smallest absolute Gasteiger partial charge is 0.321 e. The zero-order chi connectivity index (χ0) is 14.6. The maximum absolute atomic E-state index is 12.0. The van der Waals surface area contributed by atoms with E-state index in [1.54, 1.807) is 0 Å². The average Bonchev–Trinajstić information content (AvgIpc) is 2.37. The molecule has 0 unspecified atom stereocenters. The van der Waals surface area contributed by atoms with Gasteiger partial charge in [-0.2, -0.15) is 4.72 Å². The largest absolute Gasteiger partial charge is 0.497 e. The zero-order valence-corrected chi connectivity index (χ0v) is 11.5. The highest BCUT2D eigenvalue weighted by Crippen LogP contribution is 2.25. The summed E-state index contributed by atoms with van der Waals surface area (Å²) >= 11 is 0. The van der Waals surface area contributed by atoms with Gasteiger partial charge in [0.05, 0.1) is 19.1 Å². The third kappa shape index (κ3) is 3.83. The fourth-order valence-corrected chi connectivity index (χ4v) is 2.53. The molecule has 0 heterocycles. The molecule has 1 aromatic rings. The summed E-state index contributed by atoms with van der Waals surface area (Å²) in [5.41, 5.74) is 0. The molecule has 0 aliphatic rings. The van der Waals surface area contributed by atoms with Gasteiger partial charge in [-0.15, -0.1) is 0 Å². The quantitative estimate of drug-likeness (QED) is 0.788. The third-order valence-electron chi connectivity index (χ3n) is 2.34. The first kappa shape index (κ1) is 15.3. The lowest BCUT2D eigenvalue weighted by Crippen LogP contribution is -2.38. The Kier molecular flexibility index (Phi) is 4.73. The molecule has 0 aliphatic heterocycles. The van der Waals surface area contributed by atoms with E-state index in [4.69, 9.17) is 14.6 Å². The molecule has 0 saturated heterocycles. The van der Waals surface area contributed by atoms with Gasteiger partial charge >= 0.3 is 5.97 Å². The molecule has 0 aromatic heterocycles. The maximum Gasteiger partial charge on any atom is 0.321 e. The van der Waals surface area contributed by atoms with Crippen LogP contribution in [0.15, 0.2) is 23.1 Å². The highest BCUT2D eigenvalue weighted by molar-refractivity contribution is 7.89. The maximum atomic E-state index is 12.0. The molecular weight excluding hydrogens is 274 g/mol. The van der Waals surface area contributed by atoms with Gasteiger partial charge in [0.15, 0.2) is 0 Å². The van der Waals surface area contributed by atoms with Crippen molar-refractivity contribution in [2.24, 2.45) is 0 Å². The number of hydrogen-bond donors (Lipinski definition) is 2. The van der Waals surface area contributed by atoms with E-state index in [0.29, 0.717) is 11.5 Å². The highest BCUT2D eigenvalue weighted by atomic mass is 32.2. The minimum absolute atomic E-state index is 0.128. The van der Waals surface area contributed by atoms with Crippen LogP contribution in [0.2, 0.25) is 0 Å². The highest BCUT2D eigenvalue weighted by Gasteiger charge is 2.22. The van der Waals surface area contributed by atoms with Crippen LogP contribution in [0.1, 0.15) is 6.92 Å². The molecular formula is C11H15NO6S. The van der Waals surface area contributed by atoms with Crippen molar-refractivity contribution < 1.29 is 27.8 Å². The average molecular weight is 289 g/mol. The van der Waals surface area contributed by atoms with Crippen molar-refractivity contribution in [3.63, 3.8) is 0 Å². The van der Waals surface area contributed by atoms with Gasteiger partial charge in [0.2, 0.25) is 10.0 Å². The fraction of sp³-hybridized carbons (Fsp3) is 0.364. The molecule has 0 aliphatic carbocycles. The van der Waals surface area contributed by atoms with E-state index in [9.17, 15) is 13.2 Å². The second-order valence-electron chi connectivity index (χ2n) is 3.73. The van der Waals surface area contributed by atoms with Crippen LogP contribution in [0.25, 0.3) is 0 Å². The number of methoxy groups -OCH3 is 2. The number of hydrogen-bond acceptors (Lipinski definition) is 5. The predicted octanol–water partition coefficient (Wildman–Crippen LogP) is 0.455. The van der Waals surface area contributed by atoms with Gasteiger partial charge in [0, 0.05) is 18.2 Å². The molecule has 0 fully saturated rings. The number of ether oxygens (including phenoxy) is 2. The molecule has 0 amide bonds. The van der Waals surface area contributed by atoms with E-state index < -0.39 is 22.0 Å². The molecule has 7 nitrogen and oxygen atoms in total. The van der Waals surface area contributed by atoms with Gasteiger partial charge < -0.3 is 14.6 Å². The van der Waals surface area contributed by atoms with E-state index in [1.165, 1.54) is 39.3 Å². The zero-order valence-electron chi connectivity index (χ0n) is 10.7. The van der Waals surface area contributed by atoms with Crippen molar-refractivity contribution in [3.05, 3.63) is 18.2 Å². The van der Waals surface area contributed by atoms with E-state index >= 15 is 0 Å².